The largest absolute Gasteiger partial charge is 0.387 e. The highest BCUT2D eigenvalue weighted by Crippen LogP contribution is 2.15. The average molecular weight is 310 g/mol. The van der Waals surface area contributed by atoms with E-state index in [4.69, 9.17) is 0 Å². The molecule has 0 fully saturated rings. The van der Waals surface area contributed by atoms with Crippen LogP contribution in [0.4, 0.5) is 4.39 Å². The monoisotopic (exact) mass is 310 g/mol. The van der Waals surface area contributed by atoms with Gasteiger partial charge < -0.3 is 15.3 Å². The molecule has 5 nitrogen and oxygen atoms in total. The number of nitrogens with zero attached hydrogens (tertiary/aromatic N) is 1. The maximum atomic E-state index is 12.9. The van der Waals surface area contributed by atoms with Gasteiger partial charge >= 0.3 is 0 Å². The summed E-state index contributed by atoms with van der Waals surface area (Å²) < 4.78 is 12.9. The normalized spacial score (nSPS) is 12.1. The van der Waals surface area contributed by atoms with Gasteiger partial charge in [0, 0.05) is 13.5 Å². The van der Waals surface area contributed by atoms with Crippen LogP contribution in [-0.2, 0) is 9.59 Å². The first-order chi connectivity index (χ1) is 10.3. The highest BCUT2D eigenvalue weighted by molar-refractivity contribution is 5.83. The predicted octanol–water partition coefficient (Wildman–Crippen LogP) is 1.48. The summed E-state index contributed by atoms with van der Waals surface area (Å²) in [5, 5.41) is 12.7. The van der Waals surface area contributed by atoms with Gasteiger partial charge in [0.15, 0.2) is 0 Å². The van der Waals surface area contributed by atoms with Gasteiger partial charge in [-0.3, -0.25) is 9.59 Å². The number of carbonyl (C=O) groups is 2. The van der Waals surface area contributed by atoms with E-state index in [1.54, 1.807) is 0 Å². The summed E-state index contributed by atoms with van der Waals surface area (Å²) >= 11 is 0. The van der Waals surface area contributed by atoms with Crippen LogP contribution in [0.25, 0.3) is 0 Å². The van der Waals surface area contributed by atoms with E-state index in [9.17, 15) is 19.1 Å². The van der Waals surface area contributed by atoms with Crippen molar-refractivity contribution in [2.24, 2.45) is 5.92 Å². The van der Waals surface area contributed by atoms with Gasteiger partial charge in [-0.2, -0.15) is 0 Å². The van der Waals surface area contributed by atoms with E-state index in [0.29, 0.717) is 12.1 Å². The fraction of sp³-hybridized carbons (Fsp3) is 0.500. The number of halogens is 1. The van der Waals surface area contributed by atoms with Crippen molar-refractivity contribution in [3.8, 4) is 0 Å². The number of hydrogen-bond acceptors (Lipinski definition) is 3. The van der Waals surface area contributed by atoms with Crippen LogP contribution in [0.2, 0.25) is 0 Å². The summed E-state index contributed by atoms with van der Waals surface area (Å²) in [6.07, 6.45) is -0.902. The lowest BCUT2D eigenvalue weighted by Crippen LogP contribution is -2.43. The third-order valence-corrected chi connectivity index (χ3v) is 3.07. The Hall–Kier alpha value is -1.95. The summed E-state index contributed by atoms with van der Waals surface area (Å²) in [5.74, 6) is -0.694. The Kier molecular flexibility index (Phi) is 6.98. The van der Waals surface area contributed by atoms with Crippen molar-refractivity contribution in [1.82, 2.24) is 10.2 Å². The van der Waals surface area contributed by atoms with Gasteiger partial charge in [0.25, 0.3) is 0 Å². The first kappa shape index (κ1) is 18.1. The van der Waals surface area contributed by atoms with Gasteiger partial charge in [-0.05, 0) is 23.6 Å². The second kappa shape index (κ2) is 8.48. The Morgan fingerprint density at radius 3 is 2.32 bits per heavy atom. The van der Waals surface area contributed by atoms with Crippen LogP contribution >= 0.6 is 0 Å². The molecule has 0 aliphatic rings. The Balaban J connectivity index is 2.72. The molecule has 0 heterocycles. The van der Waals surface area contributed by atoms with E-state index in [1.165, 1.54) is 36.1 Å². The number of amides is 2. The van der Waals surface area contributed by atoms with E-state index in [-0.39, 0.29) is 36.6 Å². The first-order valence-corrected chi connectivity index (χ1v) is 7.25. The summed E-state index contributed by atoms with van der Waals surface area (Å²) in [4.78, 5) is 24.6. The molecule has 6 heteroatoms. The lowest BCUT2D eigenvalue weighted by atomic mass is 10.1. The van der Waals surface area contributed by atoms with Crippen LogP contribution in [0.1, 0.15) is 32.4 Å². The second-order valence-corrected chi connectivity index (χ2v) is 5.67. The molecule has 0 bridgehead atoms. The zero-order valence-corrected chi connectivity index (χ0v) is 13.2. The maximum Gasteiger partial charge on any atom is 0.242 e. The molecule has 122 valence electrons. The molecule has 1 unspecified atom stereocenters. The van der Waals surface area contributed by atoms with E-state index in [1.807, 2.05) is 13.8 Å². The van der Waals surface area contributed by atoms with Crippen molar-refractivity contribution in [3.63, 3.8) is 0 Å². The number of carbonyl (C=O) groups excluding carboxylic acids is 2. The summed E-state index contributed by atoms with van der Waals surface area (Å²) in [6.45, 7) is 5.73. The van der Waals surface area contributed by atoms with Crippen molar-refractivity contribution in [3.05, 3.63) is 35.6 Å². The van der Waals surface area contributed by atoms with Crippen LogP contribution in [-0.4, -0.2) is 41.5 Å². The van der Waals surface area contributed by atoms with Gasteiger partial charge in [-0.15, -0.1) is 0 Å². The van der Waals surface area contributed by atoms with Crippen molar-refractivity contribution < 1.29 is 19.1 Å². The van der Waals surface area contributed by atoms with Gasteiger partial charge in [-0.25, -0.2) is 4.39 Å². The number of benzene rings is 1. The van der Waals surface area contributed by atoms with Gasteiger partial charge in [-0.1, -0.05) is 26.0 Å². The van der Waals surface area contributed by atoms with Crippen LogP contribution in [0.3, 0.4) is 0 Å². The first-order valence-electron chi connectivity index (χ1n) is 7.25. The third kappa shape index (κ3) is 6.22. The minimum absolute atomic E-state index is 0.0990. The highest BCUT2D eigenvalue weighted by Gasteiger charge is 2.19. The molecule has 0 saturated heterocycles. The molecule has 1 atom stereocenters. The molecule has 0 radical (unpaired) electrons. The molecule has 2 amide bonds. The molecule has 2 N–H and O–H groups in total. The number of rotatable bonds is 7. The molecule has 1 rings (SSSR count). The summed E-state index contributed by atoms with van der Waals surface area (Å²) in [5.41, 5.74) is 0.544. The third-order valence-electron chi connectivity index (χ3n) is 3.07. The summed E-state index contributed by atoms with van der Waals surface area (Å²) in [6, 6.07) is 5.52. The Morgan fingerprint density at radius 1 is 1.23 bits per heavy atom. The van der Waals surface area contributed by atoms with Crippen molar-refractivity contribution in [1.29, 1.82) is 0 Å². The van der Waals surface area contributed by atoms with Crippen molar-refractivity contribution >= 4 is 11.8 Å². The molecule has 0 aliphatic heterocycles. The lowest BCUT2D eigenvalue weighted by Gasteiger charge is -2.27. The van der Waals surface area contributed by atoms with E-state index in [0.717, 1.165) is 0 Å². The molecule has 1 aromatic carbocycles. The van der Waals surface area contributed by atoms with Gasteiger partial charge in [0.1, 0.15) is 5.82 Å². The fourth-order valence-electron chi connectivity index (χ4n) is 2.03. The SMILES string of the molecule is CC(=O)NCC(=O)N(CC(C)C)CC(O)c1ccc(F)cc1. The second-order valence-electron chi connectivity index (χ2n) is 5.67. The molecular weight excluding hydrogens is 287 g/mol. The molecular formula is C16H23FN2O3. The standard InChI is InChI=1S/C16H23FN2O3/c1-11(2)9-19(16(22)8-18-12(3)20)10-15(21)13-4-6-14(17)7-5-13/h4-7,11,15,21H,8-10H2,1-3H3,(H,18,20). The molecule has 0 aromatic heterocycles. The van der Waals surface area contributed by atoms with Gasteiger partial charge in [0.05, 0.1) is 19.2 Å². The Morgan fingerprint density at radius 2 is 1.82 bits per heavy atom. The zero-order valence-electron chi connectivity index (χ0n) is 13.2. The molecule has 0 aliphatic carbocycles. The maximum absolute atomic E-state index is 12.9. The molecule has 1 aromatic rings. The number of nitrogens with one attached hydrogen (secondary N) is 1. The van der Waals surface area contributed by atoms with Crippen molar-refractivity contribution in [2.75, 3.05) is 19.6 Å². The minimum atomic E-state index is -0.902. The molecule has 22 heavy (non-hydrogen) atoms. The number of aliphatic hydroxyl groups is 1. The highest BCUT2D eigenvalue weighted by atomic mass is 19.1. The number of hydrogen-bond donors (Lipinski definition) is 2. The van der Waals surface area contributed by atoms with E-state index >= 15 is 0 Å². The lowest BCUT2D eigenvalue weighted by molar-refractivity contribution is -0.134. The fourth-order valence-corrected chi connectivity index (χ4v) is 2.03. The van der Waals surface area contributed by atoms with E-state index < -0.39 is 6.10 Å². The van der Waals surface area contributed by atoms with Crippen LogP contribution < -0.4 is 5.32 Å². The van der Waals surface area contributed by atoms with Crippen LogP contribution in [0, 0.1) is 11.7 Å². The predicted molar refractivity (Wildman–Crippen MR) is 81.5 cm³/mol. The van der Waals surface area contributed by atoms with Gasteiger partial charge in [0.2, 0.25) is 11.8 Å². The smallest absolute Gasteiger partial charge is 0.242 e. The topological polar surface area (TPSA) is 69.6 Å². The molecule has 0 spiro atoms. The van der Waals surface area contributed by atoms with E-state index in [2.05, 4.69) is 5.32 Å². The Labute approximate surface area is 130 Å². The number of aliphatic hydroxyl groups excluding tert-OH is 1. The quantitative estimate of drug-likeness (QED) is 0.801. The minimum Gasteiger partial charge on any atom is -0.387 e. The Bertz CT molecular complexity index is 503. The summed E-state index contributed by atoms with van der Waals surface area (Å²) in [7, 11) is 0. The molecule has 0 saturated carbocycles. The zero-order chi connectivity index (χ0) is 16.7. The van der Waals surface area contributed by atoms with Crippen molar-refractivity contribution in [2.45, 2.75) is 26.9 Å². The van der Waals surface area contributed by atoms with Crippen LogP contribution in [0.5, 0.6) is 0 Å². The average Bonchev–Trinajstić information content (AvgIpc) is 2.44. The van der Waals surface area contributed by atoms with Crippen LogP contribution in [0.15, 0.2) is 24.3 Å².